The van der Waals surface area contributed by atoms with Gasteiger partial charge >= 0.3 is 0 Å². The van der Waals surface area contributed by atoms with Gasteiger partial charge in [0.15, 0.2) is 0 Å². The second kappa shape index (κ2) is 4.11. The Balaban J connectivity index is 2.30. The highest BCUT2D eigenvalue weighted by Gasteiger charge is 2.39. The molecule has 2 N–H and O–H groups in total. The third-order valence-corrected chi connectivity index (χ3v) is 4.15. The molecule has 0 unspecified atom stereocenters. The van der Waals surface area contributed by atoms with E-state index in [0.29, 0.717) is 11.8 Å². The van der Waals surface area contributed by atoms with Gasteiger partial charge in [-0.2, -0.15) is 0 Å². The predicted molar refractivity (Wildman–Crippen MR) is 60.2 cm³/mol. The summed E-state index contributed by atoms with van der Waals surface area (Å²) < 4.78 is 0. The number of hydrogen-bond donors (Lipinski definition) is 2. The summed E-state index contributed by atoms with van der Waals surface area (Å²) in [7, 11) is 0. The summed E-state index contributed by atoms with van der Waals surface area (Å²) in [5, 5.41) is 20.1. The molecule has 0 radical (unpaired) electrons. The van der Waals surface area contributed by atoms with E-state index in [0.717, 1.165) is 6.42 Å². The molecule has 0 aromatic rings. The van der Waals surface area contributed by atoms with Crippen LogP contribution in [0.2, 0.25) is 0 Å². The lowest BCUT2D eigenvalue weighted by atomic mass is 9.85. The van der Waals surface area contributed by atoms with Crippen LogP contribution in [0.15, 0.2) is 24.3 Å². The third kappa shape index (κ3) is 1.88. The van der Waals surface area contributed by atoms with Gasteiger partial charge in [-0.25, -0.2) is 0 Å². The van der Waals surface area contributed by atoms with Gasteiger partial charge in [-0.15, -0.1) is 0 Å². The Kier molecular flexibility index (Phi) is 2.98. The van der Waals surface area contributed by atoms with Crippen LogP contribution >= 0.6 is 0 Å². The fraction of sp³-hybridized carbons (Fsp3) is 0.692. The molecule has 2 bridgehead atoms. The molecule has 2 aliphatic rings. The van der Waals surface area contributed by atoms with Crippen molar-refractivity contribution in [3.63, 3.8) is 0 Å². The van der Waals surface area contributed by atoms with Gasteiger partial charge in [0.2, 0.25) is 0 Å². The van der Waals surface area contributed by atoms with E-state index in [9.17, 15) is 10.2 Å². The average Bonchev–Trinajstić information content (AvgIpc) is 2.52. The Morgan fingerprint density at radius 1 is 0.867 bits per heavy atom. The normalized spacial score (nSPS) is 49.9. The molecule has 2 nitrogen and oxygen atoms in total. The van der Waals surface area contributed by atoms with Crippen molar-refractivity contribution in [1.82, 2.24) is 0 Å². The summed E-state index contributed by atoms with van der Waals surface area (Å²) in [6, 6.07) is 0. The van der Waals surface area contributed by atoms with E-state index in [-0.39, 0.29) is 11.8 Å². The molecule has 0 heterocycles. The summed E-state index contributed by atoms with van der Waals surface area (Å²) in [6.07, 6.45) is 8.32. The first-order chi connectivity index (χ1) is 7.11. The topological polar surface area (TPSA) is 40.5 Å². The van der Waals surface area contributed by atoms with Crippen LogP contribution in [0.5, 0.6) is 0 Å². The minimum atomic E-state index is -0.592. The minimum Gasteiger partial charge on any atom is -0.390 e. The van der Waals surface area contributed by atoms with Crippen LogP contribution in [0, 0.1) is 23.7 Å². The van der Waals surface area contributed by atoms with Crippen molar-refractivity contribution in [3.05, 3.63) is 24.3 Å². The zero-order valence-electron chi connectivity index (χ0n) is 9.38. The van der Waals surface area contributed by atoms with Gasteiger partial charge in [-0.05, 0) is 30.1 Å². The molecule has 2 aliphatic carbocycles. The molecule has 15 heavy (non-hydrogen) atoms. The molecule has 2 rings (SSSR count). The molecule has 1 saturated carbocycles. The van der Waals surface area contributed by atoms with Crippen molar-refractivity contribution in [1.29, 1.82) is 0 Å². The van der Waals surface area contributed by atoms with Gasteiger partial charge in [0.25, 0.3) is 0 Å². The van der Waals surface area contributed by atoms with Crippen molar-refractivity contribution in [2.24, 2.45) is 23.7 Å². The standard InChI is InChI=1S/C13H20O2/c1-8-10-5-3-4-6-11(7-10)9(2)13(15)12(8)14/h3-6,8-15H,7H2,1-2H3/t8-,9+,10-,11+,12+,13-. The van der Waals surface area contributed by atoms with E-state index in [1.54, 1.807) is 0 Å². The van der Waals surface area contributed by atoms with Crippen LogP contribution in [-0.2, 0) is 0 Å². The minimum absolute atomic E-state index is 0.142. The first-order valence-corrected chi connectivity index (χ1v) is 5.82. The van der Waals surface area contributed by atoms with Gasteiger partial charge in [0, 0.05) is 0 Å². The van der Waals surface area contributed by atoms with Crippen molar-refractivity contribution >= 4 is 0 Å². The van der Waals surface area contributed by atoms with E-state index in [4.69, 9.17) is 0 Å². The molecule has 1 fully saturated rings. The first-order valence-electron chi connectivity index (χ1n) is 5.82. The maximum atomic E-state index is 10.0. The Labute approximate surface area is 91.3 Å². The van der Waals surface area contributed by atoms with Crippen LogP contribution in [-0.4, -0.2) is 22.4 Å². The third-order valence-electron chi connectivity index (χ3n) is 4.15. The van der Waals surface area contributed by atoms with Gasteiger partial charge in [-0.1, -0.05) is 38.2 Å². The largest absolute Gasteiger partial charge is 0.390 e. The number of rotatable bonds is 0. The van der Waals surface area contributed by atoms with E-state index in [1.165, 1.54) is 0 Å². The monoisotopic (exact) mass is 208 g/mol. The SMILES string of the molecule is C[C@@H]1[C@@H](O)[C@@H](O)[C@H](C)[C@@H]2C=CC=C[C@H]1C2. The van der Waals surface area contributed by atoms with Crippen molar-refractivity contribution < 1.29 is 10.2 Å². The molecule has 2 heteroatoms. The van der Waals surface area contributed by atoms with Gasteiger partial charge in [-0.3, -0.25) is 0 Å². The number of aliphatic hydroxyl groups is 2. The Morgan fingerprint density at radius 3 is 1.67 bits per heavy atom. The fourth-order valence-electron chi connectivity index (χ4n) is 2.79. The van der Waals surface area contributed by atoms with E-state index < -0.39 is 12.2 Å². The maximum absolute atomic E-state index is 10.0. The summed E-state index contributed by atoms with van der Waals surface area (Å²) in [5.74, 6) is 1.06. The molecule has 84 valence electrons. The number of allylic oxidation sites excluding steroid dienone is 4. The highest BCUT2D eigenvalue weighted by Crippen LogP contribution is 2.38. The molecule has 0 aromatic carbocycles. The van der Waals surface area contributed by atoms with Crippen LogP contribution in [0.25, 0.3) is 0 Å². The lowest BCUT2D eigenvalue weighted by molar-refractivity contribution is -0.0405. The van der Waals surface area contributed by atoms with Crippen LogP contribution in [0.1, 0.15) is 20.3 Å². The molecule has 0 amide bonds. The average molecular weight is 208 g/mol. The molecular formula is C13H20O2. The van der Waals surface area contributed by atoms with Crippen molar-refractivity contribution in [2.75, 3.05) is 0 Å². The molecule has 0 aromatic heterocycles. The van der Waals surface area contributed by atoms with E-state index in [1.807, 2.05) is 13.8 Å². The molecular weight excluding hydrogens is 188 g/mol. The highest BCUT2D eigenvalue weighted by atomic mass is 16.3. The molecule has 0 spiro atoms. The van der Waals surface area contributed by atoms with Gasteiger partial charge in [0.1, 0.15) is 0 Å². The summed E-state index contributed by atoms with van der Waals surface area (Å²) >= 11 is 0. The Hall–Kier alpha value is -0.600. The Bertz CT molecular complexity index is 254. The smallest absolute Gasteiger partial charge is 0.0833 e. The highest BCUT2D eigenvalue weighted by molar-refractivity contribution is 5.14. The number of fused-ring (bicyclic) bond motifs is 2. The Morgan fingerprint density at radius 2 is 1.27 bits per heavy atom. The first kappa shape index (κ1) is 10.9. The van der Waals surface area contributed by atoms with Crippen LogP contribution in [0.4, 0.5) is 0 Å². The molecule has 6 atom stereocenters. The van der Waals surface area contributed by atoms with Crippen LogP contribution in [0.3, 0.4) is 0 Å². The molecule has 0 aliphatic heterocycles. The van der Waals surface area contributed by atoms with Gasteiger partial charge in [0.05, 0.1) is 12.2 Å². The number of aliphatic hydroxyl groups excluding tert-OH is 2. The quantitative estimate of drug-likeness (QED) is 0.636. The summed E-state index contributed by atoms with van der Waals surface area (Å²) in [6.45, 7) is 4.06. The maximum Gasteiger partial charge on any atom is 0.0833 e. The fourth-order valence-corrected chi connectivity index (χ4v) is 2.79. The van der Waals surface area contributed by atoms with Crippen LogP contribution < -0.4 is 0 Å². The number of hydrogen-bond acceptors (Lipinski definition) is 2. The summed E-state index contributed by atoms with van der Waals surface area (Å²) in [5.41, 5.74) is 0. The zero-order chi connectivity index (χ0) is 11.0. The lowest BCUT2D eigenvalue weighted by Crippen LogP contribution is -2.37. The second-order valence-corrected chi connectivity index (χ2v) is 5.03. The lowest BCUT2D eigenvalue weighted by Gasteiger charge is -2.27. The van der Waals surface area contributed by atoms with Crippen molar-refractivity contribution in [2.45, 2.75) is 32.5 Å². The van der Waals surface area contributed by atoms with Crippen molar-refractivity contribution in [3.8, 4) is 0 Å². The summed E-state index contributed by atoms with van der Waals surface area (Å²) in [4.78, 5) is 0. The molecule has 0 saturated heterocycles. The zero-order valence-corrected chi connectivity index (χ0v) is 9.38. The second-order valence-electron chi connectivity index (χ2n) is 5.03. The van der Waals surface area contributed by atoms with E-state index in [2.05, 4.69) is 24.3 Å². The van der Waals surface area contributed by atoms with E-state index >= 15 is 0 Å². The van der Waals surface area contributed by atoms with Gasteiger partial charge < -0.3 is 10.2 Å². The predicted octanol–water partition coefficient (Wildman–Crippen LogP) is 1.74.